The molecule has 0 saturated carbocycles. The Labute approximate surface area is 237 Å². The van der Waals surface area contributed by atoms with Crippen LogP contribution in [0.4, 0.5) is 5.69 Å². The summed E-state index contributed by atoms with van der Waals surface area (Å²) in [5.74, 6) is 0.714. The van der Waals surface area contributed by atoms with Crippen LogP contribution >= 0.6 is 0 Å². The van der Waals surface area contributed by atoms with Crippen LogP contribution in [0.5, 0.6) is 0 Å². The minimum absolute atomic E-state index is 0.177. The highest BCUT2D eigenvalue weighted by Gasteiger charge is 2.15. The maximum atomic E-state index is 12.9. The van der Waals surface area contributed by atoms with Crippen LogP contribution in [0.1, 0.15) is 62.1 Å². The van der Waals surface area contributed by atoms with Crippen molar-refractivity contribution in [1.82, 2.24) is 15.3 Å². The van der Waals surface area contributed by atoms with Gasteiger partial charge in [-0.15, -0.1) is 0 Å². The number of aryl methyl sites for hydroxylation is 1. The molecule has 2 heterocycles. The van der Waals surface area contributed by atoms with Crippen molar-refractivity contribution in [1.29, 1.82) is 0 Å². The molecule has 0 fully saturated rings. The van der Waals surface area contributed by atoms with Gasteiger partial charge in [-0.05, 0) is 55.3 Å². The number of anilines is 1. The fourth-order valence-corrected chi connectivity index (χ4v) is 5.42. The number of nitrogens with one attached hydrogen (secondary N) is 2. The number of rotatable bonds is 16. The molecule has 2 aromatic heterocycles. The SMILES string of the molecule is CCCCCCCc1nc(-c2ccc(S(=O)(=O)Nc3ccc(CCNCC(O)c4cccnc4)cc3)cc2)co1. The zero-order valence-corrected chi connectivity index (χ0v) is 23.7. The molecule has 40 heavy (non-hydrogen) atoms. The van der Waals surface area contributed by atoms with Gasteiger partial charge in [0.05, 0.1) is 11.0 Å². The second kappa shape index (κ2) is 14.7. The first-order valence-corrected chi connectivity index (χ1v) is 15.4. The van der Waals surface area contributed by atoms with Crippen molar-refractivity contribution in [2.75, 3.05) is 17.8 Å². The Morgan fingerprint density at radius 3 is 2.45 bits per heavy atom. The van der Waals surface area contributed by atoms with E-state index < -0.39 is 16.1 Å². The quantitative estimate of drug-likeness (QED) is 0.145. The molecule has 9 heteroatoms. The summed E-state index contributed by atoms with van der Waals surface area (Å²) < 4.78 is 34.1. The average molecular weight is 563 g/mol. The maximum absolute atomic E-state index is 12.9. The van der Waals surface area contributed by atoms with E-state index in [9.17, 15) is 13.5 Å². The van der Waals surface area contributed by atoms with Crippen molar-refractivity contribution < 1.29 is 17.9 Å². The first kappa shape index (κ1) is 29.5. The van der Waals surface area contributed by atoms with Gasteiger partial charge in [-0.2, -0.15) is 0 Å². The normalized spacial score (nSPS) is 12.3. The zero-order chi connectivity index (χ0) is 28.2. The molecular weight excluding hydrogens is 524 g/mol. The number of oxazole rings is 1. The van der Waals surface area contributed by atoms with E-state index in [-0.39, 0.29) is 4.90 Å². The Morgan fingerprint density at radius 1 is 0.950 bits per heavy atom. The molecule has 4 aromatic rings. The number of benzene rings is 2. The molecule has 0 aliphatic heterocycles. The molecule has 3 N–H and O–H groups in total. The number of sulfonamides is 1. The molecule has 0 spiro atoms. The van der Waals surface area contributed by atoms with E-state index in [1.165, 1.54) is 25.7 Å². The van der Waals surface area contributed by atoms with Crippen LogP contribution in [0.3, 0.4) is 0 Å². The summed E-state index contributed by atoms with van der Waals surface area (Å²) in [5, 5.41) is 13.4. The van der Waals surface area contributed by atoms with E-state index in [1.54, 1.807) is 61.1 Å². The van der Waals surface area contributed by atoms with Gasteiger partial charge in [0.1, 0.15) is 12.0 Å². The van der Waals surface area contributed by atoms with Gasteiger partial charge in [0, 0.05) is 42.2 Å². The third-order valence-electron chi connectivity index (χ3n) is 6.71. The summed E-state index contributed by atoms with van der Waals surface area (Å²) in [6.45, 7) is 3.31. The van der Waals surface area contributed by atoms with E-state index in [0.29, 0.717) is 30.4 Å². The number of hydrogen-bond donors (Lipinski definition) is 3. The number of unbranched alkanes of at least 4 members (excludes halogenated alkanes) is 4. The Hall–Kier alpha value is -3.53. The molecule has 0 bridgehead atoms. The van der Waals surface area contributed by atoms with Gasteiger partial charge in [0.2, 0.25) is 0 Å². The number of aliphatic hydroxyl groups is 1. The van der Waals surface area contributed by atoms with E-state index >= 15 is 0 Å². The standard InChI is InChI=1S/C31H38N4O4S/c1-2-3-4-5-6-9-31-34-29(23-39-31)25-12-16-28(17-13-25)40(37,38)35-27-14-10-24(11-15-27)18-20-33-22-30(36)26-8-7-19-32-21-26/h7-8,10-17,19,21,23,30,33,35-36H,2-6,9,18,20,22H2,1H3. The number of aromatic nitrogens is 2. The Bertz CT molecular complexity index is 1410. The van der Waals surface area contributed by atoms with Crippen LogP contribution in [0, 0.1) is 0 Å². The third-order valence-corrected chi connectivity index (χ3v) is 8.11. The summed E-state index contributed by atoms with van der Waals surface area (Å²) in [6, 6.07) is 17.6. The summed E-state index contributed by atoms with van der Waals surface area (Å²) >= 11 is 0. The minimum Gasteiger partial charge on any atom is -0.448 e. The Kier molecular flexibility index (Phi) is 10.9. The Morgan fingerprint density at radius 2 is 1.73 bits per heavy atom. The molecular formula is C31H38N4O4S. The summed E-state index contributed by atoms with van der Waals surface area (Å²) in [5.41, 5.74) is 3.84. The average Bonchev–Trinajstić information content (AvgIpc) is 3.45. The van der Waals surface area contributed by atoms with Crippen LogP contribution in [0.25, 0.3) is 11.3 Å². The number of pyridine rings is 1. The van der Waals surface area contributed by atoms with Crippen LogP contribution in [-0.4, -0.2) is 36.6 Å². The fraction of sp³-hybridized carbons (Fsp3) is 0.355. The van der Waals surface area contributed by atoms with Gasteiger partial charge in [0.15, 0.2) is 5.89 Å². The molecule has 4 rings (SSSR count). The van der Waals surface area contributed by atoms with Gasteiger partial charge in [-0.1, -0.05) is 62.9 Å². The maximum Gasteiger partial charge on any atom is 0.261 e. The molecule has 1 unspecified atom stereocenters. The summed E-state index contributed by atoms with van der Waals surface area (Å²) in [7, 11) is -3.74. The third kappa shape index (κ3) is 8.74. The van der Waals surface area contributed by atoms with Crippen LogP contribution in [0.2, 0.25) is 0 Å². The smallest absolute Gasteiger partial charge is 0.261 e. The molecule has 1 atom stereocenters. The lowest BCUT2D eigenvalue weighted by molar-refractivity contribution is 0.174. The molecule has 0 saturated heterocycles. The molecule has 8 nitrogen and oxygen atoms in total. The first-order chi connectivity index (χ1) is 19.4. The molecule has 0 aliphatic carbocycles. The highest BCUT2D eigenvalue weighted by molar-refractivity contribution is 7.92. The fourth-order valence-electron chi connectivity index (χ4n) is 4.36. The van der Waals surface area contributed by atoms with Gasteiger partial charge in [0.25, 0.3) is 10.0 Å². The highest BCUT2D eigenvalue weighted by atomic mass is 32.2. The molecule has 212 valence electrons. The van der Waals surface area contributed by atoms with E-state index in [1.807, 2.05) is 18.2 Å². The first-order valence-electron chi connectivity index (χ1n) is 13.9. The largest absolute Gasteiger partial charge is 0.448 e. The lowest BCUT2D eigenvalue weighted by atomic mass is 10.1. The second-order valence-corrected chi connectivity index (χ2v) is 11.6. The zero-order valence-electron chi connectivity index (χ0n) is 22.9. The van der Waals surface area contributed by atoms with Crippen molar-refractivity contribution in [2.45, 2.75) is 62.9 Å². The number of nitrogens with zero attached hydrogens (tertiary/aromatic N) is 2. The van der Waals surface area contributed by atoms with Crippen molar-refractivity contribution in [3.63, 3.8) is 0 Å². The second-order valence-electron chi connectivity index (χ2n) is 9.87. The summed E-state index contributed by atoms with van der Waals surface area (Å²) in [6.07, 6.45) is 11.8. The molecule has 0 radical (unpaired) electrons. The van der Waals surface area contributed by atoms with E-state index in [2.05, 4.69) is 26.9 Å². The number of aliphatic hydroxyl groups excluding tert-OH is 1. The molecule has 0 amide bonds. The van der Waals surface area contributed by atoms with E-state index in [0.717, 1.165) is 36.0 Å². The van der Waals surface area contributed by atoms with Gasteiger partial charge in [-0.3, -0.25) is 9.71 Å². The van der Waals surface area contributed by atoms with Crippen molar-refractivity contribution in [3.05, 3.63) is 96.3 Å². The van der Waals surface area contributed by atoms with Crippen molar-refractivity contribution >= 4 is 15.7 Å². The van der Waals surface area contributed by atoms with Crippen molar-refractivity contribution in [3.8, 4) is 11.3 Å². The van der Waals surface area contributed by atoms with Gasteiger partial charge >= 0.3 is 0 Å². The van der Waals surface area contributed by atoms with Crippen LogP contribution < -0.4 is 10.0 Å². The lowest BCUT2D eigenvalue weighted by Gasteiger charge is -2.12. The van der Waals surface area contributed by atoms with Crippen LogP contribution in [0.15, 0.2) is 88.6 Å². The highest BCUT2D eigenvalue weighted by Crippen LogP contribution is 2.23. The molecule has 2 aromatic carbocycles. The lowest BCUT2D eigenvalue weighted by Crippen LogP contribution is -2.23. The van der Waals surface area contributed by atoms with Gasteiger partial charge < -0.3 is 14.8 Å². The predicted octanol–water partition coefficient (Wildman–Crippen LogP) is 5.92. The van der Waals surface area contributed by atoms with E-state index in [4.69, 9.17) is 4.42 Å². The predicted molar refractivity (Wildman–Crippen MR) is 157 cm³/mol. The number of hydrogen-bond acceptors (Lipinski definition) is 7. The Balaban J connectivity index is 1.24. The topological polar surface area (TPSA) is 117 Å². The summed E-state index contributed by atoms with van der Waals surface area (Å²) in [4.78, 5) is 8.76. The molecule has 0 aliphatic rings. The van der Waals surface area contributed by atoms with Crippen LogP contribution in [-0.2, 0) is 22.9 Å². The monoisotopic (exact) mass is 562 g/mol. The minimum atomic E-state index is -3.74. The van der Waals surface area contributed by atoms with Gasteiger partial charge in [-0.25, -0.2) is 13.4 Å². The van der Waals surface area contributed by atoms with Crippen molar-refractivity contribution in [2.24, 2.45) is 0 Å².